The molecule has 2 nitrogen and oxygen atoms in total. The molecule has 0 radical (unpaired) electrons. The first-order valence-electron chi connectivity index (χ1n) is 4.90. The molecule has 0 saturated heterocycles. The van der Waals surface area contributed by atoms with Crippen LogP contribution in [0.5, 0.6) is 0 Å². The molecule has 0 spiro atoms. The molecule has 0 aliphatic heterocycles. The van der Waals surface area contributed by atoms with E-state index >= 15 is 0 Å². The molecule has 0 aliphatic carbocycles. The molecule has 0 aromatic carbocycles. The lowest BCUT2D eigenvalue weighted by Crippen LogP contribution is -2.36. The Balaban J connectivity index is 3.29. The molecule has 0 aromatic rings. The maximum Gasteiger partial charge on any atom is 0.0540 e. The number of hydrogen-bond donors (Lipinski definition) is 1. The second kappa shape index (κ2) is 8.02. The van der Waals surface area contributed by atoms with E-state index in [2.05, 4.69) is 30.7 Å². The fourth-order valence-corrected chi connectivity index (χ4v) is 0.972. The smallest absolute Gasteiger partial charge is 0.0540 e. The normalized spacial score (nSPS) is 13.8. The fraction of sp³-hybridized carbons (Fsp3) is 0.636. The van der Waals surface area contributed by atoms with E-state index in [9.17, 15) is 0 Å². The van der Waals surface area contributed by atoms with Gasteiger partial charge in [-0.15, -0.1) is 6.58 Å². The van der Waals surface area contributed by atoms with Gasteiger partial charge in [-0.3, -0.25) is 4.90 Å². The van der Waals surface area contributed by atoms with Gasteiger partial charge in [0.05, 0.1) is 6.17 Å². The van der Waals surface area contributed by atoms with Crippen LogP contribution in [-0.2, 0) is 0 Å². The van der Waals surface area contributed by atoms with Gasteiger partial charge in [-0.1, -0.05) is 18.2 Å². The van der Waals surface area contributed by atoms with Gasteiger partial charge in [0.1, 0.15) is 0 Å². The Hall–Kier alpha value is -0.600. The summed E-state index contributed by atoms with van der Waals surface area (Å²) < 4.78 is 0. The minimum absolute atomic E-state index is 0.164. The van der Waals surface area contributed by atoms with Crippen LogP contribution in [0.4, 0.5) is 0 Å². The SMILES string of the molecule is C=CCC=CCCCN(C)C(C)N. The van der Waals surface area contributed by atoms with Crippen molar-refractivity contribution in [1.82, 2.24) is 4.90 Å². The minimum atomic E-state index is 0.164. The van der Waals surface area contributed by atoms with E-state index in [-0.39, 0.29) is 6.17 Å². The zero-order valence-electron chi connectivity index (χ0n) is 8.87. The maximum absolute atomic E-state index is 5.69. The molecule has 0 aromatic heterocycles. The van der Waals surface area contributed by atoms with E-state index in [1.807, 2.05) is 13.0 Å². The quantitative estimate of drug-likeness (QED) is 0.371. The number of nitrogens with two attached hydrogens (primary N) is 1. The monoisotopic (exact) mass is 182 g/mol. The third-order valence-corrected chi connectivity index (χ3v) is 2.05. The standard InChI is InChI=1S/C11H22N2/c1-4-5-6-7-8-9-10-13(3)11(2)12/h4,6-7,11H,1,5,8-10,12H2,2-3H3. The van der Waals surface area contributed by atoms with Crippen molar-refractivity contribution in [2.45, 2.75) is 32.4 Å². The van der Waals surface area contributed by atoms with Crippen LogP contribution in [0.1, 0.15) is 26.2 Å². The Kier molecular flexibility index (Phi) is 7.65. The Bertz CT molecular complexity index is 150. The Morgan fingerprint density at radius 1 is 1.46 bits per heavy atom. The number of rotatable bonds is 7. The molecule has 1 unspecified atom stereocenters. The van der Waals surface area contributed by atoms with Gasteiger partial charge in [0.2, 0.25) is 0 Å². The predicted molar refractivity (Wildman–Crippen MR) is 59.5 cm³/mol. The highest BCUT2D eigenvalue weighted by Crippen LogP contribution is 1.97. The summed E-state index contributed by atoms with van der Waals surface area (Å²) in [6.07, 6.45) is 9.71. The average molecular weight is 182 g/mol. The van der Waals surface area contributed by atoms with Crippen LogP contribution in [0.2, 0.25) is 0 Å². The van der Waals surface area contributed by atoms with E-state index in [4.69, 9.17) is 5.73 Å². The lowest BCUT2D eigenvalue weighted by molar-refractivity contribution is 0.261. The van der Waals surface area contributed by atoms with E-state index in [0.29, 0.717) is 0 Å². The zero-order chi connectivity index (χ0) is 10.1. The molecule has 0 heterocycles. The molecule has 0 aliphatic rings. The second-order valence-corrected chi connectivity index (χ2v) is 3.36. The molecule has 0 bridgehead atoms. The minimum Gasteiger partial charge on any atom is -0.316 e. The largest absolute Gasteiger partial charge is 0.316 e. The summed E-state index contributed by atoms with van der Waals surface area (Å²) in [7, 11) is 2.05. The molecule has 0 amide bonds. The predicted octanol–water partition coefficient (Wildman–Crippen LogP) is 2.14. The van der Waals surface area contributed by atoms with E-state index in [0.717, 1.165) is 19.4 Å². The van der Waals surface area contributed by atoms with Gasteiger partial charge < -0.3 is 5.73 Å². The van der Waals surface area contributed by atoms with Gasteiger partial charge >= 0.3 is 0 Å². The molecule has 76 valence electrons. The van der Waals surface area contributed by atoms with E-state index < -0.39 is 0 Å². The first-order valence-corrected chi connectivity index (χ1v) is 4.90. The van der Waals surface area contributed by atoms with E-state index in [1.165, 1.54) is 6.42 Å². The van der Waals surface area contributed by atoms with Crippen LogP contribution in [0.15, 0.2) is 24.8 Å². The molecule has 2 N–H and O–H groups in total. The molecule has 2 heteroatoms. The summed E-state index contributed by atoms with van der Waals surface area (Å²) >= 11 is 0. The van der Waals surface area contributed by atoms with Gasteiger partial charge in [0, 0.05) is 0 Å². The highest BCUT2D eigenvalue weighted by Gasteiger charge is 2.00. The average Bonchev–Trinajstić information content (AvgIpc) is 2.10. The second-order valence-electron chi connectivity index (χ2n) is 3.36. The molecule has 0 rings (SSSR count). The number of allylic oxidation sites excluding steroid dienone is 3. The van der Waals surface area contributed by atoms with Crippen molar-refractivity contribution in [3.05, 3.63) is 24.8 Å². The number of unbranched alkanes of at least 4 members (excludes halogenated alkanes) is 1. The highest BCUT2D eigenvalue weighted by atomic mass is 15.2. The van der Waals surface area contributed by atoms with Gasteiger partial charge in [-0.25, -0.2) is 0 Å². The van der Waals surface area contributed by atoms with Crippen molar-refractivity contribution < 1.29 is 0 Å². The Morgan fingerprint density at radius 2 is 2.15 bits per heavy atom. The summed E-state index contributed by atoms with van der Waals surface area (Å²) in [5.74, 6) is 0. The van der Waals surface area contributed by atoms with Crippen molar-refractivity contribution in [2.75, 3.05) is 13.6 Å². The lowest BCUT2D eigenvalue weighted by Gasteiger charge is -2.19. The fourth-order valence-electron chi connectivity index (χ4n) is 0.972. The summed E-state index contributed by atoms with van der Waals surface area (Å²) in [6.45, 7) is 6.73. The van der Waals surface area contributed by atoms with Crippen molar-refractivity contribution in [2.24, 2.45) is 5.73 Å². The van der Waals surface area contributed by atoms with Crippen molar-refractivity contribution in [1.29, 1.82) is 0 Å². The first kappa shape index (κ1) is 12.4. The Labute approximate surface area is 82.1 Å². The van der Waals surface area contributed by atoms with Crippen molar-refractivity contribution in [3.63, 3.8) is 0 Å². The molecule has 1 atom stereocenters. The van der Waals surface area contributed by atoms with E-state index in [1.54, 1.807) is 0 Å². The summed E-state index contributed by atoms with van der Waals surface area (Å²) in [5.41, 5.74) is 5.69. The van der Waals surface area contributed by atoms with Crippen molar-refractivity contribution in [3.8, 4) is 0 Å². The Morgan fingerprint density at radius 3 is 2.69 bits per heavy atom. The summed E-state index contributed by atoms with van der Waals surface area (Å²) in [6, 6.07) is 0. The molecular formula is C11H22N2. The van der Waals surface area contributed by atoms with Crippen LogP contribution in [0.25, 0.3) is 0 Å². The molecule has 0 saturated carbocycles. The van der Waals surface area contributed by atoms with Gasteiger partial charge in [-0.05, 0) is 39.8 Å². The van der Waals surface area contributed by atoms with Crippen molar-refractivity contribution >= 4 is 0 Å². The number of hydrogen-bond acceptors (Lipinski definition) is 2. The summed E-state index contributed by atoms with van der Waals surface area (Å²) in [4.78, 5) is 2.15. The topological polar surface area (TPSA) is 29.3 Å². The van der Waals surface area contributed by atoms with Gasteiger partial charge in [0.15, 0.2) is 0 Å². The first-order chi connectivity index (χ1) is 6.18. The molecule has 13 heavy (non-hydrogen) atoms. The number of nitrogens with zero attached hydrogens (tertiary/aromatic N) is 1. The van der Waals surface area contributed by atoms with Crippen LogP contribution in [-0.4, -0.2) is 24.7 Å². The van der Waals surface area contributed by atoms with Crippen LogP contribution < -0.4 is 5.73 Å². The van der Waals surface area contributed by atoms with Crippen LogP contribution in [0.3, 0.4) is 0 Å². The third kappa shape index (κ3) is 7.75. The third-order valence-electron chi connectivity index (χ3n) is 2.05. The zero-order valence-corrected chi connectivity index (χ0v) is 8.87. The summed E-state index contributed by atoms with van der Waals surface area (Å²) in [5, 5.41) is 0. The molecular weight excluding hydrogens is 160 g/mol. The molecule has 0 fully saturated rings. The maximum atomic E-state index is 5.69. The van der Waals surface area contributed by atoms with Gasteiger partial charge in [0.25, 0.3) is 0 Å². The van der Waals surface area contributed by atoms with Crippen LogP contribution in [0, 0.1) is 0 Å². The van der Waals surface area contributed by atoms with Crippen LogP contribution >= 0.6 is 0 Å². The lowest BCUT2D eigenvalue weighted by atomic mass is 10.2. The van der Waals surface area contributed by atoms with Gasteiger partial charge in [-0.2, -0.15) is 0 Å². The highest BCUT2D eigenvalue weighted by molar-refractivity contribution is 4.88.